The first-order valence-corrected chi connectivity index (χ1v) is 6.35. The van der Waals surface area contributed by atoms with Gasteiger partial charge in [0.1, 0.15) is 0 Å². The molecule has 0 spiro atoms. The summed E-state index contributed by atoms with van der Waals surface area (Å²) in [7, 11) is 0. The number of benzene rings is 1. The van der Waals surface area contributed by atoms with Crippen LogP contribution < -0.4 is 10.6 Å². The van der Waals surface area contributed by atoms with Crippen LogP contribution in [0.25, 0.3) is 0 Å². The number of hydrogen-bond donors (Lipinski definition) is 1. The van der Waals surface area contributed by atoms with Crippen LogP contribution in [0.5, 0.6) is 0 Å². The van der Waals surface area contributed by atoms with Crippen LogP contribution in [0.1, 0.15) is 30.4 Å². The summed E-state index contributed by atoms with van der Waals surface area (Å²) in [5.41, 5.74) is 9.26. The van der Waals surface area contributed by atoms with E-state index in [0.717, 1.165) is 29.2 Å². The third-order valence-corrected chi connectivity index (χ3v) is 3.84. The van der Waals surface area contributed by atoms with Crippen LogP contribution in [0.3, 0.4) is 0 Å². The molecule has 0 unspecified atom stereocenters. The van der Waals surface area contributed by atoms with Crippen LogP contribution in [0.2, 0.25) is 5.02 Å². The lowest BCUT2D eigenvalue weighted by molar-refractivity contribution is 0.576. The van der Waals surface area contributed by atoms with E-state index < -0.39 is 0 Å². The Hall–Kier alpha value is -0.730. The zero-order valence-electron chi connectivity index (χ0n) is 9.80. The molecule has 0 radical (unpaired) electrons. The Morgan fingerprint density at radius 3 is 2.56 bits per heavy atom. The van der Waals surface area contributed by atoms with Crippen molar-refractivity contribution in [2.75, 3.05) is 18.0 Å². The number of halogens is 1. The third-order valence-electron chi connectivity index (χ3n) is 3.31. The molecule has 0 amide bonds. The van der Waals surface area contributed by atoms with Crippen LogP contribution in [0.4, 0.5) is 5.69 Å². The SMILES string of the molecule is Cc1ccc(N2CCCCC2)c(CN)c1Cl. The Bertz CT molecular complexity index is 370. The molecule has 2 rings (SSSR count). The first-order chi connectivity index (χ1) is 7.74. The fourth-order valence-electron chi connectivity index (χ4n) is 2.35. The molecule has 1 heterocycles. The molecule has 2 nitrogen and oxygen atoms in total. The molecule has 0 aromatic heterocycles. The first kappa shape index (κ1) is 11.7. The number of nitrogens with two attached hydrogens (primary N) is 1. The lowest BCUT2D eigenvalue weighted by Gasteiger charge is -2.31. The Morgan fingerprint density at radius 2 is 1.94 bits per heavy atom. The van der Waals surface area contributed by atoms with Gasteiger partial charge in [0, 0.05) is 30.9 Å². The molecule has 1 aliphatic heterocycles. The van der Waals surface area contributed by atoms with Gasteiger partial charge >= 0.3 is 0 Å². The molecule has 3 heteroatoms. The van der Waals surface area contributed by atoms with Crippen molar-refractivity contribution < 1.29 is 0 Å². The van der Waals surface area contributed by atoms with Crippen molar-refractivity contribution in [1.29, 1.82) is 0 Å². The van der Waals surface area contributed by atoms with E-state index in [1.54, 1.807) is 0 Å². The highest BCUT2D eigenvalue weighted by Crippen LogP contribution is 2.31. The summed E-state index contributed by atoms with van der Waals surface area (Å²) in [6, 6.07) is 4.25. The predicted molar refractivity (Wildman–Crippen MR) is 70.1 cm³/mol. The highest BCUT2D eigenvalue weighted by atomic mass is 35.5. The second kappa shape index (κ2) is 5.07. The molecule has 2 N–H and O–H groups in total. The zero-order valence-corrected chi connectivity index (χ0v) is 10.6. The largest absolute Gasteiger partial charge is 0.371 e. The lowest BCUT2D eigenvalue weighted by Crippen LogP contribution is -2.30. The van der Waals surface area contributed by atoms with Crippen molar-refractivity contribution in [2.24, 2.45) is 5.73 Å². The first-order valence-electron chi connectivity index (χ1n) is 5.97. The number of aryl methyl sites for hydroxylation is 1. The summed E-state index contributed by atoms with van der Waals surface area (Å²) in [6.45, 7) is 4.81. The Kier molecular flexibility index (Phi) is 3.72. The van der Waals surface area contributed by atoms with E-state index in [4.69, 9.17) is 17.3 Å². The van der Waals surface area contributed by atoms with Gasteiger partial charge in [-0.1, -0.05) is 17.7 Å². The summed E-state index contributed by atoms with van der Waals surface area (Å²) >= 11 is 6.31. The normalized spacial score (nSPS) is 16.6. The molecule has 0 saturated carbocycles. The summed E-state index contributed by atoms with van der Waals surface area (Å²) < 4.78 is 0. The third kappa shape index (κ3) is 2.18. The van der Waals surface area contributed by atoms with Crippen molar-refractivity contribution in [1.82, 2.24) is 0 Å². The summed E-state index contributed by atoms with van der Waals surface area (Å²) in [6.07, 6.45) is 3.89. The zero-order chi connectivity index (χ0) is 11.5. The lowest BCUT2D eigenvalue weighted by atomic mass is 10.0. The molecule has 0 bridgehead atoms. The van der Waals surface area contributed by atoms with Crippen molar-refractivity contribution in [3.8, 4) is 0 Å². The fourth-order valence-corrected chi connectivity index (χ4v) is 2.59. The van der Waals surface area contributed by atoms with Crippen LogP contribution in [-0.2, 0) is 6.54 Å². The van der Waals surface area contributed by atoms with Crippen molar-refractivity contribution in [3.63, 3.8) is 0 Å². The van der Waals surface area contributed by atoms with Crippen LogP contribution in [0.15, 0.2) is 12.1 Å². The van der Waals surface area contributed by atoms with Gasteiger partial charge in [-0.05, 0) is 37.8 Å². The topological polar surface area (TPSA) is 29.3 Å². The molecule has 88 valence electrons. The predicted octanol–water partition coefficient (Wildman–Crippen LogP) is 3.10. The highest BCUT2D eigenvalue weighted by molar-refractivity contribution is 6.32. The number of piperidine rings is 1. The highest BCUT2D eigenvalue weighted by Gasteiger charge is 2.16. The Morgan fingerprint density at radius 1 is 1.25 bits per heavy atom. The van der Waals surface area contributed by atoms with Gasteiger partial charge in [-0.25, -0.2) is 0 Å². The molecular formula is C13H19ClN2. The van der Waals surface area contributed by atoms with E-state index in [1.807, 2.05) is 6.92 Å². The second-order valence-electron chi connectivity index (χ2n) is 4.45. The van der Waals surface area contributed by atoms with Gasteiger partial charge in [-0.2, -0.15) is 0 Å². The van der Waals surface area contributed by atoms with Crippen molar-refractivity contribution in [2.45, 2.75) is 32.7 Å². The molecule has 0 atom stereocenters. The molecule has 16 heavy (non-hydrogen) atoms. The minimum Gasteiger partial charge on any atom is -0.371 e. The molecule has 1 aromatic carbocycles. The molecule has 1 saturated heterocycles. The summed E-state index contributed by atoms with van der Waals surface area (Å²) in [4.78, 5) is 2.41. The maximum Gasteiger partial charge on any atom is 0.0500 e. The van der Waals surface area contributed by atoms with E-state index in [-0.39, 0.29) is 0 Å². The van der Waals surface area contributed by atoms with E-state index in [0.29, 0.717) is 6.54 Å². The molecule has 1 aromatic rings. The monoisotopic (exact) mass is 238 g/mol. The van der Waals surface area contributed by atoms with E-state index in [2.05, 4.69) is 17.0 Å². The van der Waals surface area contributed by atoms with Gasteiger partial charge in [0.25, 0.3) is 0 Å². The average Bonchev–Trinajstić information content (AvgIpc) is 2.33. The van der Waals surface area contributed by atoms with E-state index in [1.165, 1.54) is 24.9 Å². The molecule has 0 aliphatic carbocycles. The molecule has 1 aliphatic rings. The van der Waals surface area contributed by atoms with Crippen molar-refractivity contribution in [3.05, 3.63) is 28.3 Å². The van der Waals surface area contributed by atoms with E-state index >= 15 is 0 Å². The average molecular weight is 239 g/mol. The Labute approximate surface area is 102 Å². The number of hydrogen-bond acceptors (Lipinski definition) is 2. The van der Waals surface area contributed by atoms with Crippen LogP contribution in [-0.4, -0.2) is 13.1 Å². The van der Waals surface area contributed by atoms with Crippen LogP contribution in [0, 0.1) is 6.92 Å². The Balaban J connectivity index is 2.35. The number of anilines is 1. The van der Waals surface area contributed by atoms with E-state index in [9.17, 15) is 0 Å². The standard InChI is InChI=1S/C13H19ClN2/c1-10-5-6-12(11(9-15)13(10)14)16-7-3-2-4-8-16/h5-6H,2-4,7-9,15H2,1H3. The number of rotatable bonds is 2. The van der Waals surface area contributed by atoms with Gasteiger partial charge < -0.3 is 10.6 Å². The van der Waals surface area contributed by atoms with Gasteiger partial charge in [-0.15, -0.1) is 0 Å². The smallest absolute Gasteiger partial charge is 0.0500 e. The summed E-state index contributed by atoms with van der Waals surface area (Å²) in [5.74, 6) is 0. The fraction of sp³-hybridized carbons (Fsp3) is 0.538. The molecular weight excluding hydrogens is 220 g/mol. The number of nitrogens with zero attached hydrogens (tertiary/aromatic N) is 1. The summed E-state index contributed by atoms with van der Waals surface area (Å²) in [5, 5.41) is 0.838. The second-order valence-corrected chi connectivity index (χ2v) is 4.82. The van der Waals surface area contributed by atoms with Crippen molar-refractivity contribution >= 4 is 17.3 Å². The van der Waals surface area contributed by atoms with Crippen LogP contribution >= 0.6 is 11.6 Å². The molecule has 1 fully saturated rings. The van der Waals surface area contributed by atoms with Gasteiger partial charge in [-0.3, -0.25) is 0 Å². The maximum absolute atomic E-state index is 6.31. The van der Waals surface area contributed by atoms with Gasteiger partial charge in [0.2, 0.25) is 0 Å². The van der Waals surface area contributed by atoms with Gasteiger partial charge in [0.15, 0.2) is 0 Å². The quantitative estimate of drug-likeness (QED) is 0.858. The maximum atomic E-state index is 6.31. The minimum atomic E-state index is 0.520. The minimum absolute atomic E-state index is 0.520. The van der Waals surface area contributed by atoms with Gasteiger partial charge in [0.05, 0.1) is 5.02 Å².